The van der Waals surface area contributed by atoms with Crippen LogP contribution in [0.15, 0.2) is 36.4 Å². The number of benzene rings is 2. The minimum absolute atomic E-state index is 0.184. The molecule has 0 spiro atoms. The minimum Gasteiger partial charge on any atom is -0.384 e. The summed E-state index contributed by atoms with van der Waals surface area (Å²) in [5.74, 6) is -0.488. The molecule has 2 aromatic carbocycles. The molecule has 0 saturated heterocycles. The Morgan fingerprint density at radius 3 is 2.90 bits per heavy atom. The van der Waals surface area contributed by atoms with E-state index in [2.05, 4.69) is 10.6 Å². The van der Waals surface area contributed by atoms with Crippen molar-refractivity contribution in [1.29, 1.82) is 0 Å². The highest BCUT2D eigenvalue weighted by atomic mass is 19.1. The van der Waals surface area contributed by atoms with Crippen LogP contribution in [0.2, 0.25) is 0 Å². The number of nitrogens with one attached hydrogen (secondary N) is 2. The van der Waals surface area contributed by atoms with E-state index in [9.17, 15) is 9.18 Å². The van der Waals surface area contributed by atoms with Crippen LogP contribution >= 0.6 is 0 Å². The lowest BCUT2D eigenvalue weighted by Gasteiger charge is -2.09. The van der Waals surface area contributed by atoms with E-state index in [1.165, 1.54) is 17.7 Å². The third-order valence-electron chi connectivity index (χ3n) is 3.52. The lowest BCUT2D eigenvalue weighted by Crippen LogP contribution is -2.13. The quantitative estimate of drug-likeness (QED) is 0.878. The Labute approximate surface area is 116 Å². The number of aryl methyl sites for hydroxylation is 1. The molecule has 0 radical (unpaired) electrons. The fourth-order valence-electron chi connectivity index (χ4n) is 2.39. The number of carbonyl (C=O) groups is 1. The molecule has 1 aliphatic rings. The zero-order valence-corrected chi connectivity index (χ0v) is 11.2. The Morgan fingerprint density at radius 2 is 2.10 bits per heavy atom. The molecule has 2 N–H and O–H groups in total. The molecule has 4 heteroatoms. The van der Waals surface area contributed by atoms with Gasteiger partial charge in [0.25, 0.3) is 5.91 Å². The highest BCUT2D eigenvalue weighted by molar-refractivity contribution is 6.05. The predicted octanol–water partition coefficient (Wildman–Crippen LogP) is 3.35. The van der Waals surface area contributed by atoms with E-state index in [0.717, 1.165) is 18.7 Å². The number of anilines is 2. The second-order valence-electron chi connectivity index (χ2n) is 4.96. The van der Waals surface area contributed by atoms with Crippen molar-refractivity contribution in [3.05, 3.63) is 58.9 Å². The van der Waals surface area contributed by atoms with E-state index in [4.69, 9.17) is 0 Å². The molecule has 0 fully saturated rings. The van der Waals surface area contributed by atoms with Crippen molar-refractivity contribution in [2.24, 2.45) is 0 Å². The summed E-state index contributed by atoms with van der Waals surface area (Å²) in [5.41, 5.74) is 4.19. The summed E-state index contributed by atoms with van der Waals surface area (Å²) in [5, 5.41) is 6.06. The molecule has 1 amide bonds. The van der Waals surface area contributed by atoms with Crippen molar-refractivity contribution in [3.63, 3.8) is 0 Å². The summed E-state index contributed by atoms with van der Waals surface area (Å²) in [6.45, 7) is 2.68. The normalized spacial score (nSPS) is 12.7. The molecule has 0 unspecified atom stereocenters. The first-order valence-electron chi connectivity index (χ1n) is 6.58. The van der Waals surface area contributed by atoms with Gasteiger partial charge in [-0.1, -0.05) is 6.07 Å². The highest BCUT2D eigenvalue weighted by Gasteiger charge is 2.14. The molecule has 1 heterocycles. The van der Waals surface area contributed by atoms with Gasteiger partial charge in [0.1, 0.15) is 5.82 Å². The van der Waals surface area contributed by atoms with E-state index >= 15 is 0 Å². The fraction of sp³-hybridized carbons (Fsp3) is 0.188. The van der Waals surface area contributed by atoms with Crippen molar-refractivity contribution in [3.8, 4) is 0 Å². The molecule has 0 bridgehead atoms. The van der Waals surface area contributed by atoms with Gasteiger partial charge in [0, 0.05) is 23.5 Å². The van der Waals surface area contributed by atoms with Crippen LogP contribution in [0.3, 0.4) is 0 Å². The lowest BCUT2D eigenvalue weighted by atomic mass is 10.1. The molecule has 0 aromatic heterocycles. The zero-order valence-electron chi connectivity index (χ0n) is 11.2. The second kappa shape index (κ2) is 4.96. The van der Waals surface area contributed by atoms with E-state index < -0.39 is 0 Å². The van der Waals surface area contributed by atoms with Crippen LogP contribution in [0, 0.1) is 12.7 Å². The molecular formula is C16H15FN2O. The van der Waals surface area contributed by atoms with Gasteiger partial charge in [-0.05, 0) is 54.8 Å². The average molecular weight is 270 g/mol. The first-order chi connectivity index (χ1) is 9.63. The second-order valence-corrected chi connectivity index (χ2v) is 4.96. The Balaban J connectivity index is 1.82. The van der Waals surface area contributed by atoms with Gasteiger partial charge in [-0.3, -0.25) is 4.79 Å². The summed E-state index contributed by atoms with van der Waals surface area (Å²) in [6.07, 6.45) is 0.994. The maximum Gasteiger partial charge on any atom is 0.255 e. The van der Waals surface area contributed by atoms with Gasteiger partial charge in [0.2, 0.25) is 0 Å². The summed E-state index contributed by atoms with van der Waals surface area (Å²) in [7, 11) is 0. The molecule has 1 aliphatic heterocycles. The van der Waals surface area contributed by atoms with E-state index in [1.54, 1.807) is 13.0 Å². The highest BCUT2D eigenvalue weighted by Crippen LogP contribution is 2.24. The molecular weight excluding hydrogens is 255 g/mol. The smallest absolute Gasteiger partial charge is 0.255 e. The molecule has 0 saturated carbocycles. The Bertz CT molecular complexity index is 682. The maximum atomic E-state index is 13.0. The molecule has 0 aliphatic carbocycles. The van der Waals surface area contributed by atoms with Crippen molar-refractivity contribution in [2.75, 3.05) is 17.2 Å². The maximum absolute atomic E-state index is 13.0. The number of carbonyl (C=O) groups excluding carboxylic acids is 1. The van der Waals surface area contributed by atoms with Crippen molar-refractivity contribution in [2.45, 2.75) is 13.3 Å². The van der Waals surface area contributed by atoms with Crippen LogP contribution in [0.5, 0.6) is 0 Å². The van der Waals surface area contributed by atoms with Gasteiger partial charge in [0.15, 0.2) is 0 Å². The summed E-state index contributed by atoms with van der Waals surface area (Å²) in [6, 6.07) is 9.97. The van der Waals surface area contributed by atoms with Crippen LogP contribution in [-0.2, 0) is 6.42 Å². The van der Waals surface area contributed by atoms with Crippen LogP contribution < -0.4 is 10.6 Å². The van der Waals surface area contributed by atoms with Crippen molar-refractivity contribution < 1.29 is 9.18 Å². The van der Waals surface area contributed by atoms with Gasteiger partial charge in [-0.15, -0.1) is 0 Å². The van der Waals surface area contributed by atoms with Gasteiger partial charge in [-0.25, -0.2) is 4.39 Å². The molecule has 102 valence electrons. The monoisotopic (exact) mass is 270 g/mol. The topological polar surface area (TPSA) is 41.1 Å². The molecule has 0 atom stereocenters. The molecule has 3 nitrogen and oxygen atoms in total. The number of rotatable bonds is 2. The van der Waals surface area contributed by atoms with Crippen molar-refractivity contribution >= 4 is 17.3 Å². The van der Waals surface area contributed by atoms with E-state index in [0.29, 0.717) is 16.8 Å². The Hall–Kier alpha value is -2.36. The van der Waals surface area contributed by atoms with Crippen LogP contribution in [0.25, 0.3) is 0 Å². The fourth-order valence-corrected chi connectivity index (χ4v) is 2.39. The van der Waals surface area contributed by atoms with Gasteiger partial charge >= 0.3 is 0 Å². The third-order valence-corrected chi connectivity index (χ3v) is 3.52. The first-order valence-corrected chi connectivity index (χ1v) is 6.58. The number of hydrogen-bond donors (Lipinski definition) is 2. The lowest BCUT2D eigenvalue weighted by molar-refractivity contribution is 0.102. The number of amides is 1. The Morgan fingerprint density at radius 1 is 1.25 bits per heavy atom. The summed E-state index contributed by atoms with van der Waals surface area (Å²) in [4.78, 5) is 12.2. The van der Waals surface area contributed by atoms with Crippen LogP contribution in [0.4, 0.5) is 15.8 Å². The van der Waals surface area contributed by atoms with Gasteiger partial charge in [0.05, 0.1) is 0 Å². The average Bonchev–Trinajstić information content (AvgIpc) is 2.89. The van der Waals surface area contributed by atoms with E-state index in [1.807, 2.05) is 18.2 Å². The Kier molecular flexibility index (Phi) is 3.14. The SMILES string of the molecule is Cc1cc(F)ccc1NC(=O)c1ccc2c(c1)NCC2. The third kappa shape index (κ3) is 2.37. The summed E-state index contributed by atoms with van der Waals surface area (Å²) >= 11 is 0. The minimum atomic E-state index is -0.303. The first kappa shape index (κ1) is 12.7. The predicted molar refractivity (Wildman–Crippen MR) is 77.7 cm³/mol. The van der Waals surface area contributed by atoms with Gasteiger partial charge in [-0.2, -0.15) is 0 Å². The molecule has 3 rings (SSSR count). The number of hydrogen-bond acceptors (Lipinski definition) is 2. The molecule has 20 heavy (non-hydrogen) atoms. The van der Waals surface area contributed by atoms with E-state index in [-0.39, 0.29) is 11.7 Å². The summed E-state index contributed by atoms with van der Waals surface area (Å²) < 4.78 is 13.0. The van der Waals surface area contributed by atoms with Gasteiger partial charge < -0.3 is 10.6 Å². The number of fused-ring (bicyclic) bond motifs is 1. The van der Waals surface area contributed by atoms with Crippen molar-refractivity contribution in [1.82, 2.24) is 0 Å². The number of halogens is 1. The largest absolute Gasteiger partial charge is 0.384 e. The zero-order chi connectivity index (χ0) is 14.1. The molecule has 2 aromatic rings. The van der Waals surface area contributed by atoms with Crippen LogP contribution in [-0.4, -0.2) is 12.5 Å². The van der Waals surface area contributed by atoms with Crippen LogP contribution in [0.1, 0.15) is 21.5 Å². The standard InChI is InChI=1S/C16H15FN2O/c1-10-8-13(17)4-5-14(10)19-16(20)12-3-2-11-6-7-18-15(11)9-12/h2-5,8-9,18H,6-7H2,1H3,(H,19,20).